The second-order valence-corrected chi connectivity index (χ2v) is 8.97. The fraction of sp³-hybridized carbons (Fsp3) is 0.389. The highest BCUT2D eigenvalue weighted by atomic mass is 35.5. The lowest BCUT2D eigenvalue weighted by molar-refractivity contribution is 0.0991. The number of amides is 1. The van der Waals surface area contributed by atoms with E-state index < -0.39 is 21.5 Å². The third-order valence-electron chi connectivity index (χ3n) is 3.16. The summed E-state index contributed by atoms with van der Waals surface area (Å²) in [5.41, 5.74) is -0.310. The van der Waals surface area contributed by atoms with E-state index >= 15 is 0 Å². The van der Waals surface area contributed by atoms with Gasteiger partial charge in [0.2, 0.25) is 5.09 Å². The summed E-state index contributed by atoms with van der Waals surface area (Å²) in [5, 5.41) is 2.72. The van der Waals surface area contributed by atoms with Gasteiger partial charge in [-0.3, -0.25) is 4.79 Å². The largest absolute Gasteiger partial charge is 0.491 e. The van der Waals surface area contributed by atoms with Crippen LogP contribution in [0.4, 0.5) is 5.69 Å². The van der Waals surface area contributed by atoms with Crippen LogP contribution in [-0.2, 0) is 10.0 Å². The van der Waals surface area contributed by atoms with Gasteiger partial charge in [0.1, 0.15) is 5.75 Å². The maximum absolute atomic E-state index is 12.5. The van der Waals surface area contributed by atoms with E-state index in [1.807, 2.05) is 6.92 Å². The molecule has 7 nitrogen and oxygen atoms in total. The molecule has 0 radical (unpaired) electrons. The first-order valence-corrected chi connectivity index (χ1v) is 10.3. The molecule has 0 aliphatic rings. The average Bonchev–Trinajstić information content (AvgIpc) is 3.03. The summed E-state index contributed by atoms with van der Waals surface area (Å²) in [6, 6.07) is 7.38. The number of carbonyl (C=O) groups excluding carboxylic acids is 1. The van der Waals surface area contributed by atoms with Crippen LogP contribution in [0.15, 0.2) is 39.8 Å². The van der Waals surface area contributed by atoms with Crippen molar-refractivity contribution >= 4 is 33.2 Å². The van der Waals surface area contributed by atoms with E-state index in [1.54, 1.807) is 39.0 Å². The van der Waals surface area contributed by atoms with E-state index in [0.29, 0.717) is 23.1 Å². The number of hydrogen-bond acceptors (Lipinski definition) is 5. The van der Waals surface area contributed by atoms with Crippen molar-refractivity contribution in [2.24, 2.45) is 0 Å². The van der Waals surface area contributed by atoms with Crippen molar-refractivity contribution in [2.45, 2.75) is 44.7 Å². The van der Waals surface area contributed by atoms with Crippen LogP contribution in [-0.4, -0.2) is 26.5 Å². The van der Waals surface area contributed by atoms with E-state index in [2.05, 4.69) is 10.0 Å². The van der Waals surface area contributed by atoms with Gasteiger partial charge in [-0.05, 0) is 57.5 Å². The Bertz CT molecular complexity index is 916. The SMILES string of the molecule is CCCOc1ccc(Cl)cc1NC(=O)c1ccc(S(=O)(=O)NC(C)(C)C)o1. The van der Waals surface area contributed by atoms with Gasteiger partial charge in [0, 0.05) is 10.6 Å². The maximum atomic E-state index is 12.5. The normalized spacial score (nSPS) is 12.0. The Morgan fingerprint density at radius 3 is 2.56 bits per heavy atom. The quantitative estimate of drug-likeness (QED) is 0.712. The number of hydrogen-bond donors (Lipinski definition) is 2. The molecule has 27 heavy (non-hydrogen) atoms. The zero-order valence-electron chi connectivity index (χ0n) is 15.6. The molecule has 0 aliphatic heterocycles. The number of rotatable bonds is 7. The highest BCUT2D eigenvalue weighted by Gasteiger charge is 2.26. The molecule has 2 aromatic rings. The Morgan fingerprint density at radius 2 is 1.93 bits per heavy atom. The van der Waals surface area contributed by atoms with Crippen LogP contribution in [0.1, 0.15) is 44.7 Å². The van der Waals surface area contributed by atoms with E-state index in [0.717, 1.165) is 6.42 Å². The third kappa shape index (κ3) is 5.98. The van der Waals surface area contributed by atoms with Crippen LogP contribution in [0.5, 0.6) is 5.75 Å². The van der Waals surface area contributed by atoms with Crippen molar-refractivity contribution < 1.29 is 22.4 Å². The molecular formula is C18H23ClN2O5S. The first-order valence-electron chi connectivity index (χ1n) is 8.39. The monoisotopic (exact) mass is 414 g/mol. The molecule has 2 N–H and O–H groups in total. The summed E-state index contributed by atoms with van der Waals surface area (Å²) in [5.74, 6) is -0.301. The molecule has 148 valence electrons. The Balaban J connectivity index is 2.21. The second-order valence-electron chi connectivity index (χ2n) is 6.92. The zero-order valence-corrected chi connectivity index (χ0v) is 17.2. The Labute approximate surface area is 164 Å². The fourth-order valence-electron chi connectivity index (χ4n) is 2.16. The standard InChI is InChI=1S/C18H23ClN2O5S/c1-5-10-25-14-7-6-12(19)11-13(14)20-17(22)15-8-9-16(26-15)27(23,24)21-18(2,3)4/h6-9,11,21H,5,10H2,1-4H3,(H,20,22). The molecule has 1 aromatic heterocycles. The number of nitrogens with one attached hydrogen (secondary N) is 2. The van der Waals surface area contributed by atoms with Gasteiger partial charge in [0.05, 0.1) is 12.3 Å². The molecule has 0 atom stereocenters. The minimum Gasteiger partial charge on any atom is -0.491 e. The van der Waals surface area contributed by atoms with Crippen molar-refractivity contribution in [2.75, 3.05) is 11.9 Å². The fourth-order valence-corrected chi connectivity index (χ4v) is 3.69. The molecule has 0 bridgehead atoms. The van der Waals surface area contributed by atoms with Crippen molar-refractivity contribution in [3.63, 3.8) is 0 Å². The number of ether oxygens (including phenoxy) is 1. The van der Waals surface area contributed by atoms with Crippen LogP contribution in [0.3, 0.4) is 0 Å². The van der Waals surface area contributed by atoms with Gasteiger partial charge < -0.3 is 14.5 Å². The molecule has 0 unspecified atom stereocenters. The van der Waals surface area contributed by atoms with Gasteiger partial charge in [0.25, 0.3) is 15.9 Å². The van der Waals surface area contributed by atoms with E-state index in [4.69, 9.17) is 20.8 Å². The van der Waals surface area contributed by atoms with Crippen molar-refractivity contribution in [1.29, 1.82) is 0 Å². The highest BCUT2D eigenvalue weighted by Crippen LogP contribution is 2.29. The molecule has 0 aliphatic carbocycles. The molecule has 1 amide bonds. The van der Waals surface area contributed by atoms with Gasteiger partial charge in [-0.2, -0.15) is 0 Å². The molecule has 9 heteroatoms. The summed E-state index contributed by atoms with van der Waals surface area (Å²) < 4.78 is 37.9. The van der Waals surface area contributed by atoms with Gasteiger partial charge in [0.15, 0.2) is 5.76 Å². The molecule has 1 heterocycles. The van der Waals surface area contributed by atoms with Crippen LogP contribution in [0.25, 0.3) is 0 Å². The number of benzene rings is 1. The lowest BCUT2D eigenvalue weighted by Crippen LogP contribution is -2.40. The average molecular weight is 415 g/mol. The zero-order chi connectivity index (χ0) is 20.2. The van der Waals surface area contributed by atoms with Crippen LogP contribution in [0, 0.1) is 0 Å². The summed E-state index contributed by atoms with van der Waals surface area (Å²) in [7, 11) is -3.87. The van der Waals surface area contributed by atoms with Gasteiger partial charge in [-0.25, -0.2) is 13.1 Å². The third-order valence-corrected chi connectivity index (χ3v) is 5.03. The summed E-state index contributed by atoms with van der Waals surface area (Å²) in [6.45, 7) is 7.56. The van der Waals surface area contributed by atoms with Gasteiger partial charge in [-0.15, -0.1) is 0 Å². The molecule has 0 fully saturated rings. The summed E-state index contributed by atoms with van der Waals surface area (Å²) >= 11 is 5.99. The Hall–Kier alpha value is -2.03. The van der Waals surface area contributed by atoms with E-state index in [9.17, 15) is 13.2 Å². The number of sulfonamides is 1. The summed E-state index contributed by atoms with van der Waals surface area (Å²) in [4.78, 5) is 12.5. The van der Waals surface area contributed by atoms with Crippen molar-refractivity contribution in [1.82, 2.24) is 4.72 Å². The van der Waals surface area contributed by atoms with E-state index in [-0.39, 0.29) is 10.9 Å². The minimum absolute atomic E-state index is 0.147. The topological polar surface area (TPSA) is 97.6 Å². The van der Waals surface area contributed by atoms with E-state index in [1.165, 1.54) is 12.1 Å². The Morgan fingerprint density at radius 1 is 1.22 bits per heavy atom. The minimum atomic E-state index is -3.87. The van der Waals surface area contributed by atoms with Crippen LogP contribution >= 0.6 is 11.6 Å². The molecule has 0 spiro atoms. The first-order chi connectivity index (χ1) is 12.5. The van der Waals surface area contributed by atoms with Crippen LogP contribution < -0.4 is 14.8 Å². The molecule has 0 saturated heterocycles. The predicted octanol–water partition coefficient (Wildman–Crippen LogP) is 4.05. The van der Waals surface area contributed by atoms with Crippen LogP contribution in [0.2, 0.25) is 5.02 Å². The molecular weight excluding hydrogens is 392 g/mol. The number of furan rings is 1. The second kappa shape index (κ2) is 8.33. The van der Waals surface area contributed by atoms with Gasteiger partial charge in [-0.1, -0.05) is 18.5 Å². The van der Waals surface area contributed by atoms with Crippen molar-refractivity contribution in [3.8, 4) is 5.75 Å². The first kappa shape index (κ1) is 21.3. The number of halogens is 1. The lowest BCUT2D eigenvalue weighted by atomic mass is 10.1. The van der Waals surface area contributed by atoms with Gasteiger partial charge >= 0.3 is 0 Å². The molecule has 2 rings (SSSR count). The number of carbonyl (C=O) groups is 1. The number of anilines is 1. The molecule has 1 aromatic carbocycles. The molecule has 0 saturated carbocycles. The smallest absolute Gasteiger partial charge is 0.291 e. The highest BCUT2D eigenvalue weighted by molar-refractivity contribution is 7.89. The summed E-state index contributed by atoms with van der Waals surface area (Å²) in [6.07, 6.45) is 0.802. The lowest BCUT2D eigenvalue weighted by Gasteiger charge is -2.19. The maximum Gasteiger partial charge on any atom is 0.291 e. The Kier molecular flexibility index (Phi) is 6.56. The predicted molar refractivity (Wildman–Crippen MR) is 104 cm³/mol. The van der Waals surface area contributed by atoms with Crippen molar-refractivity contribution in [3.05, 3.63) is 41.1 Å².